The van der Waals surface area contributed by atoms with Crippen LogP contribution in [0.1, 0.15) is 10.4 Å². The summed E-state index contributed by atoms with van der Waals surface area (Å²) < 4.78 is 0. The van der Waals surface area contributed by atoms with Crippen LogP contribution in [-0.2, 0) is 4.79 Å². The van der Waals surface area contributed by atoms with E-state index in [1.165, 1.54) is 6.20 Å². The zero-order chi connectivity index (χ0) is 18.2. The summed E-state index contributed by atoms with van der Waals surface area (Å²) in [5, 5.41) is 5.78. The molecule has 0 radical (unpaired) electrons. The number of Topliss-reactive ketones (excluding diaryl/α,β-unsaturated/α-hetero) is 1. The minimum Gasteiger partial charge on any atom is -0.361 e. The lowest BCUT2D eigenvalue weighted by Gasteiger charge is -2.10. The van der Waals surface area contributed by atoms with Crippen LogP contribution < -0.4 is 10.6 Å². The minimum absolute atomic E-state index is 0.0314. The summed E-state index contributed by atoms with van der Waals surface area (Å²) in [7, 11) is 0. The Morgan fingerprint density at radius 1 is 0.654 bits per heavy atom. The topological polar surface area (TPSA) is 58.2 Å². The highest BCUT2D eigenvalue weighted by Crippen LogP contribution is 2.14. The van der Waals surface area contributed by atoms with Gasteiger partial charge in [0.25, 0.3) is 5.91 Å². The summed E-state index contributed by atoms with van der Waals surface area (Å²) >= 11 is 0. The van der Waals surface area contributed by atoms with E-state index in [0.717, 1.165) is 5.69 Å². The molecule has 0 aromatic heterocycles. The predicted octanol–water partition coefficient (Wildman–Crippen LogP) is 4.50. The van der Waals surface area contributed by atoms with E-state index in [-0.39, 0.29) is 11.4 Å². The minimum atomic E-state index is -0.464. The van der Waals surface area contributed by atoms with E-state index in [2.05, 4.69) is 10.6 Å². The van der Waals surface area contributed by atoms with Crippen LogP contribution in [0, 0.1) is 0 Å². The fourth-order valence-corrected chi connectivity index (χ4v) is 2.39. The van der Waals surface area contributed by atoms with Gasteiger partial charge in [-0.25, -0.2) is 0 Å². The number of carbonyl (C=O) groups is 2. The number of ketones is 1. The van der Waals surface area contributed by atoms with Gasteiger partial charge in [-0.15, -0.1) is 0 Å². The van der Waals surface area contributed by atoms with Crippen LogP contribution in [0.4, 0.5) is 11.4 Å². The van der Waals surface area contributed by atoms with Crippen LogP contribution in [0.2, 0.25) is 0 Å². The Morgan fingerprint density at radius 2 is 1.15 bits per heavy atom. The van der Waals surface area contributed by atoms with Crippen molar-refractivity contribution < 1.29 is 9.59 Å². The Morgan fingerprint density at radius 3 is 1.73 bits per heavy atom. The van der Waals surface area contributed by atoms with Gasteiger partial charge in [0.1, 0.15) is 5.57 Å². The third-order valence-electron chi connectivity index (χ3n) is 3.71. The van der Waals surface area contributed by atoms with Gasteiger partial charge in [-0.05, 0) is 24.3 Å². The van der Waals surface area contributed by atoms with Crippen LogP contribution in [-0.4, -0.2) is 11.7 Å². The molecule has 3 aromatic rings. The van der Waals surface area contributed by atoms with E-state index in [1.54, 1.807) is 36.4 Å². The van der Waals surface area contributed by atoms with Gasteiger partial charge in [-0.1, -0.05) is 66.7 Å². The van der Waals surface area contributed by atoms with E-state index in [0.29, 0.717) is 11.3 Å². The smallest absolute Gasteiger partial charge is 0.261 e. The number of carbonyl (C=O) groups excluding carboxylic acids is 2. The van der Waals surface area contributed by atoms with E-state index < -0.39 is 5.91 Å². The highest BCUT2D eigenvalue weighted by molar-refractivity contribution is 6.28. The van der Waals surface area contributed by atoms with Crippen LogP contribution in [0.5, 0.6) is 0 Å². The molecule has 0 bridgehead atoms. The summed E-state index contributed by atoms with van der Waals surface area (Å²) in [6.07, 6.45) is 1.45. The van der Waals surface area contributed by atoms with Crippen molar-refractivity contribution >= 4 is 23.1 Å². The van der Waals surface area contributed by atoms with Gasteiger partial charge in [0.2, 0.25) is 0 Å². The Balaban J connectivity index is 1.87. The standard InChI is InChI=1S/C22H18N2O2/c25-21(17-10-4-1-5-11-17)20(16-23-18-12-6-2-7-13-18)22(26)24-19-14-8-3-9-15-19/h1-16,23H,(H,24,26)/b20-16+. The highest BCUT2D eigenvalue weighted by Gasteiger charge is 2.20. The van der Waals surface area contributed by atoms with Crippen molar-refractivity contribution in [3.63, 3.8) is 0 Å². The van der Waals surface area contributed by atoms with Crippen LogP contribution in [0.25, 0.3) is 0 Å². The monoisotopic (exact) mass is 342 g/mol. The zero-order valence-corrected chi connectivity index (χ0v) is 14.1. The molecule has 0 atom stereocenters. The second-order valence-corrected chi connectivity index (χ2v) is 5.58. The summed E-state index contributed by atoms with van der Waals surface area (Å²) in [6.45, 7) is 0. The fraction of sp³-hybridized carbons (Fsp3) is 0. The average molecular weight is 342 g/mol. The molecule has 4 heteroatoms. The average Bonchev–Trinajstić information content (AvgIpc) is 2.70. The van der Waals surface area contributed by atoms with Gasteiger partial charge in [0.05, 0.1) is 0 Å². The molecule has 0 aliphatic rings. The molecule has 3 aromatic carbocycles. The molecule has 1 amide bonds. The second-order valence-electron chi connectivity index (χ2n) is 5.58. The van der Waals surface area contributed by atoms with Gasteiger partial charge in [-0.3, -0.25) is 9.59 Å². The third kappa shape index (κ3) is 4.45. The molecule has 4 nitrogen and oxygen atoms in total. The number of benzene rings is 3. The quantitative estimate of drug-likeness (QED) is 0.300. The van der Waals surface area contributed by atoms with Crippen molar-refractivity contribution in [3.8, 4) is 0 Å². The maximum atomic E-state index is 12.8. The van der Waals surface area contributed by atoms with E-state index in [1.807, 2.05) is 54.6 Å². The molecular formula is C22H18N2O2. The number of para-hydroxylation sites is 2. The first kappa shape index (κ1) is 17.2. The van der Waals surface area contributed by atoms with E-state index in [4.69, 9.17) is 0 Å². The van der Waals surface area contributed by atoms with Gasteiger partial charge >= 0.3 is 0 Å². The molecule has 3 rings (SSSR count). The summed E-state index contributed by atoms with van der Waals surface area (Å²) in [4.78, 5) is 25.5. The number of hydrogen-bond acceptors (Lipinski definition) is 3. The molecule has 26 heavy (non-hydrogen) atoms. The van der Waals surface area contributed by atoms with Gasteiger partial charge in [0, 0.05) is 23.1 Å². The predicted molar refractivity (Wildman–Crippen MR) is 104 cm³/mol. The maximum Gasteiger partial charge on any atom is 0.261 e. The number of amides is 1. The number of rotatable bonds is 6. The summed E-state index contributed by atoms with van der Waals surface area (Å²) in [5.41, 5.74) is 1.91. The highest BCUT2D eigenvalue weighted by atomic mass is 16.2. The molecule has 0 saturated heterocycles. The van der Waals surface area contributed by atoms with Crippen LogP contribution >= 0.6 is 0 Å². The first-order chi connectivity index (χ1) is 12.7. The Labute approximate surface area is 152 Å². The van der Waals surface area contributed by atoms with Crippen molar-refractivity contribution in [2.75, 3.05) is 10.6 Å². The van der Waals surface area contributed by atoms with Crippen LogP contribution in [0.15, 0.2) is 103 Å². The molecular weight excluding hydrogens is 324 g/mol. The van der Waals surface area contributed by atoms with Crippen LogP contribution in [0.3, 0.4) is 0 Å². The van der Waals surface area contributed by atoms with E-state index in [9.17, 15) is 9.59 Å². The first-order valence-electron chi connectivity index (χ1n) is 8.22. The molecule has 0 heterocycles. The third-order valence-corrected chi connectivity index (χ3v) is 3.71. The lowest BCUT2D eigenvalue weighted by atomic mass is 10.0. The zero-order valence-electron chi connectivity index (χ0n) is 14.1. The Kier molecular flexibility index (Phi) is 5.58. The van der Waals surface area contributed by atoms with E-state index >= 15 is 0 Å². The van der Waals surface area contributed by atoms with Crippen molar-refractivity contribution in [2.24, 2.45) is 0 Å². The lowest BCUT2D eigenvalue weighted by molar-refractivity contribution is -0.112. The fourth-order valence-electron chi connectivity index (χ4n) is 2.39. The number of hydrogen-bond donors (Lipinski definition) is 2. The van der Waals surface area contributed by atoms with Crippen molar-refractivity contribution in [1.29, 1.82) is 0 Å². The lowest BCUT2D eigenvalue weighted by Crippen LogP contribution is -2.21. The maximum absolute atomic E-state index is 12.8. The molecule has 0 aliphatic heterocycles. The van der Waals surface area contributed by atoms with Gasteiger partial charge < -0.3 is 10.6 Å². The van der Waals surface area contributed by atoms with Crippen molar-refractivity contribution in [1.82, 2.24) is 0 Å². The number of nitrogens with one attached hydrogen (secondary N) is 2. The molecule has 0 spiro atoms. The number of anilines is 2. The first-order valence-corrected chi connectivity index (χ1v) is 8.22. The summed E-state index contributed by atoms with van der Waals surface area (Å²) in [6, 6.07) is 27.1. The molecule has 0 unspecified atom stereocenters. The molecule has 2 N–H and O–H groups in total. The molecule has 0 aliphatic carbocycles. The van der Waals surface area contributed by atoms with Gasteiger partial charge in [-0.2, -0.15) is 0 Å². The SMILES string of the molecule is O=C(Nc1ccccc1)/C(=C/Nc1ccccc1)C(=O)c1ccccc1. The second kappa shape index (κ2) is 8.44. The summed E-state index contributed by atoms with van der Waals surface area (Å²) in [5.74, 6) is -0.809. The van der Waals surface area contributed by atoms with Gasteiger partial charge in [0.15, 0.2) is 5.78 Å². The van der Waals surface area contributed by atoms with Crippen molar-refractivity contribution in [3.05, 3.63) is 108 Å². The molecule has 0 saturated carbocycles. The largest absolute Gasteiger partial charge is 0.361 e. The Bertz CT molecular complexity index is 905. The Hall–Kier alpha value is -3.66. The normalized spacial score (nSPS) is 10.8. The van der Waals surface area contributed by atoms with Crippen molar-refractivity contribution in [2.45, 2.75) is 0 Å². The molecule has 128 valence electrons. The molecule has 0 fully saturated rings.